The third-order valence-corrected chi connectivity index (χ3v) is 4.72. The quantitative estimate of drug-likeness (QED) is 0.889. The highest BCUT2D eigenvalue weighted by Crippen LogP contribution is 2.45. The average molecular weight is 306 g/mol. The van der Waals surface area contributed by atoms with E-state index >= 15 is 0 Å². The Hall–Kier alpha value is -1.09. The summed E-state index contributed by atoms with van der Waals surface area (Å²) in [6, 6.07) is 6.28. The van der Waals surface area contributed by atoms with Gasteiger partial charge in [-0.05, 0) is 47.3 Å². The van der Waals surface area contributed by atoms with Gasteiger partial charge in [0.1, 0.15) is 5.78 Å². The highest BCUT2D eigenvalue weighted by molar-refractivity contribution is 9.10. The van der Waals surface area contributed by atoms with E-state index in [0.717, 1.165) is 22.8 Å². The van der Waals surface area contributed by atoms with E-state index in [1.54, 1.807) is 6.92 Å². The normalized spacial score (nSPS) is 22.4. The molecule has 1 N–H and O–H groups in total. The Morgan fingerprint density at radius 2 is 2.28 bits per heavy atom. The van der Waals surface area contributed by atoms with Crippen LogP contribution in [0.25, 0.3) is 10.9 Å². The Kier molecular flexibility index (Phi) is 2.63. The van der Waals surface area contributed by atoms with E-state index in [-0.39, 0.29) is 11.2 Å². The van der Waals surface area contributed by atoms with Gasteiger partial charge in [-0.1, -0.05) is 19.1 Å². The Morgan fingerprint density at radius 3 is 3.00 bits per heavy atom. The maximum atomic E-state index is 11.5. The maximum Gasteiger partial charge on any atom is 0.130 e. The summed E-state index contributed by atoms with van der Waals surface area (Å²) in [6.07, 6.45) is 2.76. The molecule has 1 aromatic carbocycles. The van der Waals surface area contributed by atoms with Gasteiger partial charge in [0.25, 0.3) is 0 Å². The Labute approximate surface area is 115 Å². The number of carbonyl (C=O) groups is 1. The van der Waals surface area contributed by atoms with E-state index in [2.05, 4.69) is 46.0 Å². The number of halogens is 1. The third-order valence-electron chi connectivity index (χ3n) is 4.06. The topological polar surface area (TPSA) is 32.9 Å². The van der Waals surface area contributed by atoms with E-state index in [0.29, 0.717) is 6.42 Å². The fraction of sp³-hybridized carbons (Fsp3) is 0.400. The Balaban J connectivity index is 2.20. The molecule has 3 rings (SSSR count). The molecule has 94 valence electrons. The number of ketones is 1. The minimum Gasteiger partial charge on any atom is -0.357 e. The van der Waals surface area contributed by atoms with E-state index in [4.69, 9.17) is 0 Å². The van der Waals surface area contributed by atoms with Gasteiger partial charge in [-0.2, -0.15) is 0 Å². The molecule has 1 aliphatic rings. The number of Topliss-reactive ketones (excluding diaryl/α,β-unsaturated/α-hetero) is 1. The van der Waals surface area contributed by atoms with Crippen LogP contribution < -0.4 is 0 Å². The predicted octanol–water partition coefficient (Wildman–Crippen LogP) is 4.11. The number of nitrogens with one attached hydrogen (secondary N) is 1. The van der Waals surface area contributed by atoms with Gasteiger partial charge < -0.3 is 4.98 Å². The molecule has 0 radical (unpaired) electrons. The lowest BCUT2D eigenvalue weighted by molar-refractivity contribution is -0.118. The average Bonchev–Trinajstić information content (AvgIpc) is 2.79. The molecule has 3 heteroatoms. The lowest BCUT2D eigenvalue weighted by Gasteiger charge is -2.22. The second kappa shape index (κ2) is 3.95. The first-order valence-electron chi connectivity index (χ1n) is 6.30. The minimum atomic E-state index is -0.0143. The van der Waals surface area contributed by atoms with Gasteiger partial charge in [-0.3, -0.25) is 4.79 Å². The molecule has 0 saturated heterocycles. The molecule has 0 fully saturated rings. The van der Waals surface area contributed by atoms with Gasteiger partial charge in [0.05, 0.1) is 5.52 Å². The summed E-state index contributed by atoms with van der Waals surface area (Å²) >= 11 is 3.59. The second-order valence-electron chi connectivity index (χ2n) is 5.58. The van der Waals surface area contributed by atoms with Crippen molar-refractivity contribution >= 4 is 32.6 Å². The van der Waals surface area contributed by atoms with Crippen molar-refractivity contribution in [2.24, 2.45) is 0 Å². The fourth-order valence-electron chi connectivity index (χ4n) is 3.26. The molecule has 0 bridgehead atoms. The van der Waals surface area contributed by atoms with Crippen LogP contribution in [0.1, 0.15) is 37.9 Å². The number of rotatable bonds is 2. The van der Waals surface area contributed by atoms with E-state index < -0.39 is 0 Å². The van der Waals surface area contributed by atoms with Crippen molar-refractivity contribution in [1.29, 1.82) is 0 Å². The highest BCUT2D eigenvalue weighted by Gasteiger charge is 2.38. The Morgan fingerprint density at radius 1 is 1.50 bits per heavy atom. The van der Waals surface area contributed by atoms with Gasteiger partial charge in [0.15, 0.2) is 0 Å². The van der Waals surface area contributed by atoms with E-state index in [9.17, 15) is 4.79 Å². The molecule has 0 spiro atoms. The second-order valence-corrected chi connectivity index (χ2v) is 6.43. The summed E-state index contributed by atoms with van der Waals surface area (Å²) in [4.78, 5) is 15.0. The third kappa shape index (κ3) is 1.64. The zero-order valence-electron chi connectivity index (χ0n) is 10.6. The summed E-state index contributed by atoms with van der Waals surface area (Å²) in [5, 5.41) is 1.30. The number of para-hydroxylation sites is 1. The van der Waals surface area contributed by atoms with Crippen LogP contribution in [0.15, 0.2) is 22.7 Å². The van der Waals surface area contributed by atoms with Crippen LogP contribution in [0.5, 0.6) is 0 Å². The standard InChI is InChI=1S/C15H16BrNO/c1-9(18)8-15(2)7-6-11-10-4-3-5-12(16)13(10)17-14(11)15/h3-5,17H,6-8H2,1-2H3. The largest absolute Gasteiger partial charge is 0.357 e. The molecular weight excluding hydrogens is 290 g/mol. The molecule has 1 aromatic heterocycles. The first-order valence-corrected chi connectivity index (χ1v) is 7.09. The van der Waals surface area contributed by atoms with Crippen LogP contribution >= 0.6 is 15.9 Å². The smallest absolute Gasteiger partial charge is 0.130 e. The van der Waals surface area contributed by atoms with Gasteiger partial charge in [0, 0.05) is 27.4 Å². The Bertz CT molecular complexity index is 643. The van der Waals surface area contributed by atoms with Gasteiger partial charge in [-0.25, -0.2) is 0 Å². The van der Waals surface area contributed by atoms with Crippen molar-refractivity contribution < 1.29 is 4.79 Å². The SMILES string of the molecule is CC(=O)CC1(C)CCc2c1[nH]c1c(Br)cccc21. The molecule has 1 atom stereocenters. The van der Waals surface area contributed by atoms with Crippen LogP contribution in [0, 0.1) is 0 Å². The number of H-pyrrole nitrogens is 1. The number of hydrogen-bond donors (Lipinski definition) is 1. The summed E-state index contributed by atoms with van der Waals surface area (Å²) in [6.45, 7) is 3.88. The van der Waals surface area contributed by atoms with Crippen LogP contribution in [-0.2, 0) is 16.6 Å². The predicted molar refractivity (Wildman–Crippen MR) is 77.0 cm³/mol. The summed E-state index contributed by atoms with van der Waals surface area (Å²) < 4.78 is 1.10. The van der Waals surface area contributed by atoms with Crippen molar-refractivity contribution in [3.63, 3.8) is 0 Å². The van der Waals surface area contributed by atoms with E-state index in [1.807, 2.05) is 0 Å². The molecular formula is C15H16BrNO. The van der Waals surface area contributed by atoms with Crippen LogP contribution in [0.4, 0.5) is 0 Å². The van der Waals surface area contributed by atoms with Crippen molar-refractivity contribution in [3.05, 3.63) is 33.9 Å². The highest BCUT2D eigenvalue weighted by atomic mass is 79.9. The number of fused-ring (bicyclic) bond motifs is 3. The summed E-state index contributed by atoms with van der Waals surface area (Å²) in [5.74, 6) is 0.267. The summed E-state index contributed by atoms with van der Waals surface area (Å²) in [5.41, 5.74) is 3.81. The number of benzene rings is 1. The molecule has 1 unspecified atom stereocenters. The first-order chi connectivity index (χ1) is 8.51. The first kappa shape index (κ1) is 12.0. The minimum absolute atomic E-state index is 0.0143. The van der Waals surface area contributed by atoms with Gasteiger partial charge >= 0.3 is 0 Å². The van der Waals surface area contributed by atoms with Gasteiger partial charge in [-0.15, -0.1) is 0 Å². The molecule has 2 nitrogen and oxygen atoms in total. The van der Waals surface area contributed by atoms with Crippen molar-refractivity contribution in [2.45, 2.75) is 38.5 Å². The zero-order valence-corrected chi connectivity index (χ0v) is 12.2. The van der Waals surface area contributed by atoms with Crippen LogP contribution in [-0.4, -0.2) is 10.8 Å². The van der Waals surface area contributed by atoms with E-state index in [1.165, 1.54) is 16.6 Å². The molecule has 1 aliphatic carbocycles. The lowest BCUT2D eigenvalue weighted by atomic mass is 9.83. The lowest BCUT2D eigenvalue weighted by Crippen LogP contribution is -2.22. The number of hydrogen-bond acceptors (Lipinski definition) is 1. The molecule has 0 aliphatic heterocycles. The molecule has 0 saturated carbocycles. The monoisotopic (exact) mass is 305 g/mol. The molecule has 1 heterocycles. The van der Waals surface area contributed by atoms with Crippen molar-refractivity contribution in [1.82, 2.24) is 4.98 Å². The van der Waals surface area contributed by atoms with Gasteiger partial charge in [0.2, 0.25) is 0 Å². The number of carbonyl (C=O) groups excluding carboxylic acids is 1. The number of aromatic nitrogens is 1. The molecule has 2 aromatic rings. The summed E-state index contributed by atoms with van der Waals surface area (Å²) in [7, 11) is 0. The van der Waals surface area contributed by atoms with Crippen LogP contribution in [0.2, 0.25) is 0 Å². The molecule has 18 heavy (non-hydrogen) atoms. The zero-order chi connectivity index (χ0) is 12.9. The fourth-order valence-corrected chi connectivity index (χ4v) is 3.73. The number of aryl methyl sites for hydroxylation is 1. The maximum absolute atomic E-state index is 11.5. The number of aromatic amines is 1. The van der Waals surface area contributed by atoms with Crippen molar-refractivity contribution in [2.75, 3.05) is 0 Å². The molecule has 0 amide bonds. The van der Waals surface area contributed by atoms with Crippen LogP contribution in [0.3, 0.4) is 0 Å². The van der Waals surface area contributed by atoms with Crippen molar-refractivity contribution in [3.8, 4) is 0 Å².